The number of nitrogen functional groups attached to an aromatic ring is 1. The Morgan fingerprint density at radius 1 is 1.47 bits per heavy atom. The standard InChI is InChI=1S/C10H13BrN6/c1-2-3-13-8-4-9(16-10(12)15-8)17-6-7(11)5-14-17/h4-6H,2-3H2,1H3,(H3,12,13,15,16). The van der Waals surface area contributed by atoms with Crippen LogP contribution in [-0.4, -0.2) is 26.3 Å². The summed E-state index contributed by atoms with van der Waals surface area (Å²) in [5.41, 5.74) is 5.66. The van der Waals surface area contributed by atoms with Crippen LogP contribution in [0.3, 0.4) is 0 Å². The van der Waals surface area contributed by atoms with Crippen molar-refractivity contribution in [2.45, 2.75) is 13.3 Å². The number of nitrogens with zero attached hydrogens (tertiary/aromatic N) is 4. The molecule has 0 aliphatic heterocycles. The van der Waals surface area contributed by atoms with Crippen molar-refractivity contribution in [2.24, 2.45) is 0 Å². The molecule has 2 aromatic rings. The van der Waals surface area contributed by atoms with Gasteiger partial charge in [-0.05, 0) is 22.4 Å². The van der Waals surface area contributed by atoms with Gasteiger partial charge < -0.3 is 11.1 Å². The molecule has 0 spiro atoms. The second-order valence-electron chi connectivity index (χ2n) is 3.50. The van der Waals surface area contributed by atoms with Crippen molar-refractivity contribution in [3.8, 4) is 5.82 Å². The van der Waals surface area contributed by atoms with Crippen molar-refractivity contribution in [3.63, 3.8) is 0 Å². The van der Waals surface area contributed by atoms with Crippen molar-refractivity contribution >= 4 is 27.7 Å². The average molecular weight is 297 g/mol. The van der Waals surface area contributed by atoms with E-state index >= 15 is 0 Å². The van der Waals surface area contributed by atoms with E-state index in [1.807, 2.05) is 12.3 Å². The predicted octanol–water partition coefficient (Wildman–Crippen LogP) is 1.83. The Bertz CT molecular complexity index is 509. The average Bonchev–Trinajstić information content (AvgIpc) is 2.72. The number of anilines is 2. The minimum absolute atomic E-state index is 0.229. The highest BCUT2D eigenvalue weighted by molar-refractivity contribution is 9.10. The molecule has 90 valence electrons. The summed E-state index contributed by atoms with van der Waals surface area (Å²) in [6.07, 6.45) is 4.52. The first-order chi connectivity index (χ1) is 8.19. The van der Waals surface area contributed by atoms with Gasteiger partial charge in [0.1, 0.15) is 5.82 Å². The maximum Gasteiger partial charge on any atom is 0.224 e. The summed E-state index contributed by atoms with van der Waals surface area (Å²) in [7, 11) is 0. The molecule has 0 fully saturated rings. The lowest BCUT2D eigenvalue weighted by Crippen LogP contribution is -2.08. The van der Waals surface area contributed by atoms with Crippen LogP contribution in [0.5, 0.6) is 0 Å². The number of hydrogen-bond donors (Lipinski definition) is 2. The van der Waals surface area contributed by atoms with Crippen molar-refractivity contribution < 1.29 is 0 Å². The third-order valence-electron chi connectivity index (χ3n) is 2.07. The van der Waals surface area contributed by atoms with Crippen molar-refractivity contribution in [1.82, 2.24) is 19.7 Å². The topological polar surface area (TPSA) is 81.7 Å². The molecule has 7 heteroatoms. The quantitative estimate of drug-likeness (QED) is 0.899. The zero-order valence-electron chi connectivity index (χ0n) is 9.39. The first kappa shape index (κ1) is 11.8. The van der Waals surface area contributed by atoms with Gasteiger partial charge >= 0.3 is 0 Å². The van der Waals surface area contributed by atoms with Crippen LogP contribution in [0, 0.1) is 0 Å². The fraction of sp³-hybridized carbons (Fsp3) is 0.300. The van der Waals surface area contributed by atoms with E-state index in [0.717, 1.165) is 17.4 Å². The summed E-state index contributed by atoms with van der Waals surface area (Å²) in [5, 5.41) is 7.31. The van der Waals surface area contributed by atoms with Crippen molar-refractivity contribution in [3.05, 3.63) is 22.9 Å². The van der Waals surface area contributed by atoms with E-state index in [2.05, 4.69) is 43.2 Å². The molecule has 0 saturated heterocycles. The Hall–Kier alpha value is -1.63. The molecule has 0 saturated carbocycles. The molecule has 2 heterocycles. The molecular formula is C10H13BrN6. The Morgan fingerprint density at radius 2 is 2.29 bits per heavy atom. The van der Waals surface area contributed by atoms with Gasteiger partial charge in [0.05, 0.1) is 10.7 Å². The normalized spacial score (nSPS) is 10.5. The summed E-state index contributed by atoms with van der Waals surface area (Å²) < 4.78 is 2.52. The number of rotatable bonds is 4. The monoisotopic (exact) mass is 296 g/mol. The summed E-state index contributed by atoms with van der Waals surface area (Å²) in [6.45, 7) is 2.93. The van der Waals surface area contributed by atoms with Crippen LogP contribution in [-0.2, 0) is 0 Å². The summed E-state index contributed by atoms with van der Waals surface area (Å²) in [5.74, 6) is 1.58. The Kier molecular flexibility index (Phi) is 3.58. The number of aromatic nitrogens is 4. The molecule has 0 amide bonds. The number of halogens is 1. The maximum absolute atomic E-state index is 5.66. The van der Waals surface area contributed by atoms with Crippen LogP contribution in [0.2, 0.25) is 0 Å². The minimum atomic E-state index is 0.229. The second-order valence-corrected chi connectivity index (χ2v) is 4.42. The highest BCUT2D eigenvalue weighted by Gasteiger charge is 2.05. The molecule has 0 unspecified atom stereocenters. The Labute approximate surface area is 107 Å². The third kappa shape index (κ3) is 2.94. The molecule has 0 aliphatic carbocycles. The van der Waals surface area contributed by atoms with Crippen LogP contribution in [0.15, 0.2) is 22.9 Å². The molecule has 3 N–H and O–H groups in total. The number of hydrogen-bond acceptors (Lipinski definition) is 5. The van der Waals surface area contributed by atoms with Crippen LogP contribution in [0.25, 0.3) is 5.82 Å². The van der Waals surface area contributed by atoms with Crippen LogP contribution in [0.4, 0.5) is 11.8 Å². The fourth-order valence-corrected chi connectivity index (χ4v) is 1.63. The molecule has 2 rings (SSSR count). The van der Waals surface area contributed by atoms with Crippen LogP contribution in [0.1, 0.15) is 13.3 Å². The molecule has 0 aromatic carbocycles. The van der Waals surface area contributed by atoms with E-state index in [4.69, 9.17) is 5.73 Å². The second kappa shape index (κ2) is 5.13. The van der Waals surface area contributed by atoms with Crippen LogP contribution >= 0.6 is 15.9 Å². The molecule has 0 bridgehead atoms. The van der Waals surface area contributed by atoms with Gasteiger partial charge in [-0.25, -0.2) is 4.68 Å². The Morgan fingerprint density at radius 3 is 2.94 bits per heavy atom. The van der Waals surface area contributed by atoms with Gasteiger partial charge in [0.2, 0.25) is 5.95 Å². The van der Waals surface area contributed by atoms with Gasteiger partial charge in [-0.2, -0.15) is 15.1 Å². The molecule has 0 atom stereocenters. The SMILES string of the molecule is CCCNc1cc(-n2cc(Br)cn2)nc(N)n1. The lowest BCUT2D eigenvalue weighted by Gasteiger charge is -2.07. The minimum Gasteiger partial charge on any atom is -0.370 e. The van der Waals surface area contributed by atoms with E-state index in [0.29, 0.717) is 11.6 Å². The van der Waals surface area contributed by atoms with E-state index in [9.17, 15) is 0 Å². The van der Waals surface area contributed by atoms with Crippen molar-refractivity contribution in [2.75, 3.05) is 17.6 Å². The lowest BCUT2D eigenvalue weighted by molar-refractivity contribution is 0.841. The zero-order chi connectivity index (χ0) is 12.3. The highest BCUT2D eigenvalue weighted by atomic mass is 79.9. The van der Waals surface area contributed by atoms with Gasteiger partial charge in [0.15, 0.2) is 5.82 Å². The van der Waals surface area contributed by atoms with Gasteiger partial charge in [-0.15, -0.1) is 0 Å². The maximum atomic E-state index is 5.66. The zero-order valence-corrected chi connectivity index (χ0v) is 11.0. The van der Waals surface area contributed by atoms with Gasteiger partial charge in [0.25, 0.3) is 0 Å². The smallest absolute Gasteiger partial charge is 0.224 e. The molecule has 2 aromatic heterocycles. The summed E-state index contributed by atoms with van der Waals surface area (Å²) >= 11 is 3.33. The van der Waals surface area contributed by atoms with Crippen molar-refractivity contribution in [1.29, 1.82) is 0 Å². The third-order valence-corrected chi connectivity index (χ3v) is 2.48. The largest absolute Gasteiger partial charge is 0.370 e. The Balaban J connectivity index is 2.31. The van der Waals surface area contributed by atoms with E-state index < -0.39 is 0 Å². The first-order valence-corrected chi connectivity index (χ1v) is 6.07. The van der Waals surface area contributed by atoms with E-state index in [1.165, 1.54) is 0 Å². The summed E-state index contributed by atoms with van der Waals surface area (Å²) in [6, 6.07) is 1.81. The van der Waals surface area contributed by atoms with Gasteiger partial charge in [-0.1, -0.05) is 6.92 Å². The molecule has 0 radical (unpaired) electrons. The first-order valence-electron chi connectivity index (χ1n) is 5.28. The molecule has 6 nitrogen and oxygen atoms in total. The molecular weight excluding hydrogens is 284 g/mol. The summed E-state index contributed by atoms with van der Waals surface area (Å²) in [4.78, 5) is 8.24. The van der Waals surface area contributed by atoms with E-state index in [1.54, 1.807) is 10.9 Å². The molecule has 17 heavy (non-hydrogen) atoms. The lowest BCUT2D eigenvalue weighted by atomic mass is 10.4. The molecule has 0 aliphatic rings. The number of nitrogens with two attached hydrogens (primary N) is 1. The van der Waals surface area contributed by atoms with Gasteiger partial charge in [-0.3, -0.25) is 0 Å². The number of nitrogens with one attached hydrogen (secondary N) is 1. The predicted molar refractivity (Wildman–Crippen MR) is 70.0 cm³/mol. The van der Waals surface area contributed by atoms with E-state index in [-0.39, 0.29) is 5.95 Å². The van der Waals surface area contributed by atoms with Gasteiger partial charge in [0, 0.05) is 18.8 Å². The highest BCUT2D eigenvalue weighted by Crippen LogP contribution is 2.14. The fourth-order valence-electron chi connectivity index (χ4n) is 1.34. The van der Waals surface area contributed by atoms with Crippen LogP contribution < -0.4 is 11.1 Å².